The molecule has 10 heteroatoms. The van der Waals surface area contributed by atoms with Crippen LogP contribution in [0.1, 0.15) is 15.4 Å². The minimum Gasteiger partial charge on any atom is -0.477 e. The van der Waals surface area contributed by atoms with Crippen molar-refractivity contribution in [3.05, 3.63) is 61.7 Å². The van der Waals surface area contributed by atoms with E-state index in [1.54, 1.807) is 18.2 Å². The van der Waals surface area contributed by atoms with Gasteiger partial charge in [-0.05, 0) is 6.07 Å². The lowest BCUT2D eigenvalue weighted by Gasteiger charge is -2.14. The molecule has 0 aliphatic heterocycles. The van der Waals surface area contributed by atoms with E-state index in [0.717, 1.165) is 18.4 Å². The Kier molecular flexibility index (Phi) is 3.79. The standard InChI is InChI=1S/C15H9F3N2O4S/c1-19-9(15(16,17)18)6-10(21)20(14(19)24)11-7-4-2-3-5-8(7)25-12(11)13(22)23/h2-6H,1H3,(H,22,23). The average Bonchev–Trinajstić information content (AvgIpc) is 2.90. The second-order valence-corrected chi connectivity index (χ2v) is 6.18. The minimum absolute atomic E-state index is 0.229. The second-order valence-electron chi connectivity index (χ2n) is 5.12. The molecule has 25 heavy (non-hydrogen) atoms. The fraction of sp³-hybridized carbons (Fsp3) is 0.133. The van der Waals surface area contributed by atoms with E-state index in [-0.39, 0.29) is 21.2 Å². The van der Waals surface area contributed by atoms with Crippen LogP contribution < -0.4 is 11.2 Å². The van der Waals surface area contributed by atoms with Crippen LogP contribution in [0.25, 0.3) is 15.8 Å². The first kappa shape index (κ1) is 17.0. The highest BCUT2D eigenvalue weighted by atomic mass is 32.1. The summed E-state index contributed by atoms with van der Waals surface area (Å²) in [5.41, 5.74) is -4.16. The van der Waals surface area contributed by atoms with Crippen LogP contribution in [0.4, 0.5) is 13.2 Å². The number of hydrogen-bond donors (Lipinski definition) is 1. The lowest BCUT2D eigenvalue weighted by atomic mass is 10.2. The number of thiophene rings is 1. The molecule has 0 unspecified atom stereocenters. The van der Waals surface area contributed by atoms with Gasteiger partial charge in [-0.3, -0.25) is 9.36 Å². The molecule has 2 heterocycles. The Bertz CT molecular complexity index is 1120. The van der Waals surface area contributed by atoms with Crippen LogP contribution in [0.15, 0.2) is 39.9 Å². The summed E-state index contributed by atoms with van der Waals surface area (Å²) in [4.78, 5) is 35.8. The zero-order chi connectivity index (χ0) is 18.5. The van der Waals surface area contributed by atoms with E-state index < -0.39 is 29.1 Å². The number of benzene rings is 1. The number of carboxylic acid groups (broad SMARTS) is 1. The number of hydrogen-bond acceptors (Lipinski definition) is 4. The Labute approximate surface area is 141 Å². The lowest BCUT2D eigenvalue weighted by molar-refractivity contribution is -0.144. The van der Waals surface area contributed by atoms with Crippen molar-refractivity contribution in [3.8, 4) is 5.69 Å². The molecule has 130 valence electrons. The molecule has 1 aromatic carbocycles. The van der Waals surface area contributed by atoms with Crippen LogP contribution in [0.2, 0.25) is 0 Å². The van der Waals surface area contributed by atoms with Gasteiger partial charge in [0.1, 0.15) is 10.6 Å². The SMILES string of the molecule is Cn1c(C(F)(F)F)cc(=O)n(-c2c(C(=O)O)sc3ccccc23)c1=O. The summed E-state index contributed by atoms with van der Waals surface area (Å²) in [7, 11) is 0.871. The summed E-state index contributed by atoms with van der Waals surface area (Å²) in [6.45, 7) is 0. The Hall–Kier alpha value is -2.88. The maximum absolute atomic E-state index is 12.9. The normalized spacial score (nSPS) is 11.8. The molecule has 0 atom stereocenters. The highest BCUT2D eigenvalue weighted by molar-refractivity contribution is 7.21. The molecule has 0 amide bonds. The van der Waals surface area contributed by atoms with Gasteiger partial charge in [0.2, 0.25) is 0 Å². The van der Waals surface area contributed by atoms with Gasteiger partial charge in [0, 0.05) is 23.2 Å². The number of fused-ring (bicyclic) bond motifs is 1. The Balaban J connectivity index is 2.47. The number of rotatable bonds is 2. The molecule has 0 radical (unpaired) electrons. The number of halogens is 3. The van der Waals surface area contributed by atoms with E-state index in [1.165, 1.54) is 6.07 Å². The molecule has 0 bridgehead atoms. The van der Waals surface area contributed by atoms with E-state index in [1.807, 2.05) is 0 Å². The van der Waals surface area contributed by atoms with Gasteiger partial charge >= 0.3 is 17.8 Å². The van der Waals surface area contributed by atoms with Crippen LogP contribution in [0.3, 0.4) is 0 Å². The quantitative estimate of drug-likeness (QED) is 0.751. The Morgan fingerprint density at radius 3 is 2.44 bits per heavy atom. The van der Waals surface area contributed by atoms with E-state index in [0.29, 0.717) is 14.7 Å². The topological polar surface area (TPSA) is 81.3 Å². The van der Waals surface area contributed by atoms with Crippen LogP contribution in [0.5, 0.6) is 0 Å². The van der Waals surface area contributed by atoms with Crippen LogP contribution >= 0.6 is 11.3 Å². The number of aromatic carboxylic acids is 1. The lowest BCUT2D eigenvalue weighted by Crippen LogP contribution is -2.41. The van der Waals surface area contributed by atoms with E-state index >= 15 is 0 Å². The van der Waals surface area contributed by atoms with Gasteiger partial charge in [0.05, 0.1) is 5.69 Å². The average molecular weight is 370 g/mol. The van der Waals surface area contributed by atoms with Gasteiger partial charge in [0.15, 0.2) is 0 Å². The van der Waals surface area contributed by atoms with Gasteiger partial charge in [-0.15, -0.1) is 11.3 Å². The predicted octanol–water partition coefficient (Wildman–Crippen LogP) is 2.47. The third-order valence-electron chi connectivity index (χ3n) is 3.60. The molecule has 0 saturated carbocycles. The van der Waals surface area contributed by atoms with Crippen molar-refractivity contribution in [1.82, 2.24) is 9.13 Å². The molecule has 3 rings (SSSR count). The fourth-order valence-electron chi connectivity index (χ4n) is 2.50. The van der Waals surface area contributed by atoms with E-state index in [4.69, 9.17) is 0 Å². The van der Waals surface area contributed by atoms with Crippen LogP contribution in [-0.4, -0.2) is 20.2 Å². The molecular formula is C15H9F3N2O4S. The fourth-order valence-corrected chi connectivity index (χ4v) is 3.53. The summed E-state index contributed by atoms with van der Waals surface area (Å²) in [5, 5.41) is 9.66. The Morgan fingerprint density at radius 2 is 1.84 bits per heavy atom. The highest BCUT2D eigenvalue weighted by Crippen LogP contribution is 2.33. The number of carboxylic acids is 1. The molecule has 2 aromatic heterocycles. The van der Waals surface area contributed by atoms with Crippen molar-refractivity contribution in [1.29, 1.82) is 0 Å². The van der Waals surface area contributed by atoms with Crippen molar-refractivity contribution < 1.29 is 23.1 Å². The van der Waals surface area contributed by atoms with E-state index in [2.05, 4.69) is 0 Å². The van der Waals surface area contributed by atoms with Crippen molar-refractivity contribution in [3.63, 3.8) is 0 Å². The maximum Gasteiger partial charge on any atom is 0.431 e. The summed E-state index contributed by atoms with van der Waals surface area (Å²) >= 11 is 0.830. The third-order valence-corrected chi connectivity index (χ3v) is 4.75. The molecule has 6 nitrogen and oxygen atoms in total. The molecule has 0 aliphatic rings. The second kappa shape index (κ2) is 5.59. The van der Waals surface area contributed by atoms with Crippen molar-refractivity contribution >= 4 is 27.4 Å². The van der Waals surface area contributed by atoms with Crippen molar-refractivity contribution in [2.24, 2.45) is 7.05 Å². The van der Waals surface area contributed by atoms with E-state index in [9.17, 15) is 32.7 Å². The minimum atomic E-state index is -4.89. The summed E-state index contributed by atoms with van der Waals surface area (Å²) in [6, 6.07) is 6.58. The monoisotopic (exact) mass is 370 g/mol. The first-order valence-corrected chi connectivity index (χ1v) is 7.60. The molecule has 0 fully saturated rings. The molecule has 0 spiro atoms. The van der Waals surface area contributed by atoms with Gasteiger partial charge in [-0.25, -0.2) is 14.2 Å². The number of carbonyl (C=O) groups is 1. The first-order valence-electron chi connectivity index (χ1n) is 6.78. The molecule has 1 N–H and O–H groups in total. The first-order chi connectivity index (χ1) is 11.6. The number of alkyl halides is 3. The zero-order valence-corrected chi connectivity index (χ0v) is 13.3. The molecule has 3 aromatic rings. The van der Waals surface area contributed by atoms with Crippen LogP contribution in [0, 0.1) is 0 Å². The van der Waals surface area contributed by atoms with Gasteiger partial charge in [0.25, 0.3) is 5.56 Å². The summed E-state index contributed by atoms with van der Waals surface area (Å²) < 4.78 is 40.1. The Morgan fingerprint density at radius 1 is 1.20 bits per heavy atom. The van der Waals surface area contributed by atoms with Crippen LogP contribution in [-0.2, 0) is 13.2 Å². The number of nitrogens with zero attached hydrogens (tertiary/aromatic N) is 2. The highest BCUT2D eigenvalue weighted by Gasteiger charge is 2.35. The number of aromatic nitrogens is 2. The third kappa shape index (κ3) is 2.64. The molecule has 0 saturated heterocycles. The van der Waals surface area contributed by atoms with Crippen molar-refractivity contribution in [2.45, 2.75) is 6.18 Å². The largest absolute Gasteiger partial charge is 0.477 e. The molecule has 0 aliphatic carbocycles. The van der Waals surface area contributed by atoms with Gasteiger partial charge in [-0.1, -0.05) is 18.2 Å². The molecular weight excluding hydrogens is 361 g/mol. The zero-order valence-electron chi connectivity index (χ0n) is 12.5. The van der Waals surface area contributed by atoms with Gasteiger partial charge < -0.3 is 5.11 Å². The summed E-state index contributed by atoms with van der Waals surface area (Å²) in [5.74, 6) is -1.38. The van der Waals surface area contributed by atoms with Crippen molar-refractivity contribution in [2.75, 3.05) is 0 Å². The summed E-state index contributed by atoms with van der Waals surface area (Å²) in [6.07, 6.45) is -4.89. The van der Waals surface area contributed by atoms with Gasteiger partial charge in [-0.2, -0.15) is 13.2 Å². The smallest absolute Gasteiger partial charge is 0.431 e. The predicted molar refractivity (Wildman–Crippen MR) is 84.6 cm³/mol. The maximum atomic E-state index is 12.9.